The van der Waals surface area contributed by atoms with Crippen LogP contribution in [-0.4, -0.2) is 85.8 Å². The summed E-state index contributed by atoms with van der Waals surface area (Å²) < 4.78 is 34.4. The Kier molecular flexibility index (Phi) is 8.76. The maximum atomic E-state index is 15.0. The van der Waals surface area contributed by atoms with Gasteiger partial charge in [0.15, 0.2) is 11.6 Å². The Labute approximate surface area is 245 Å². The van der Waals surface area contributed by atoms with E-state index in [4.69, 9.17) is 0 Å². The van der Waals surface area contributed by atoms with Crippen LogP contribution >= 0.6 is 11.9 Å². The van der Waals surface area contributed by atoms with Crippen LogP contribution in [0.15, 0.2) is 18.3 Å². The molecule has 222 valence electrons. The monoisotopic (exact) mass is 584 g/mol. The lowest BCUT2D eigenvalue weighted by atomic mass is 10.1. The average molecular weight is 585 g/mol. The summed E-state index contributed by atoms with van der Waals surface area (Å²) in [5.41, 5.74) is 1.42. The van der Waals surface area contributed by atoms with Gasteiger partial charge in [-0.1, -0.05) is 11.9 Å². The van der Waals surface area contributed by atoms with Gasteiger partial charge in [0.2, 0.25) is 5.95 Å². The first-order valence-corrected chi connectivity index (χ1v) is 16.0. The van der Waals surface area contributed by atoms with Crippen LogP contribution in [-0.2, 0) is 0 Å². The highest BCUT2D eigenvalue weighted by Crippen LogP contribution is 2.32. The molecule has 41 heavy (non-hydrogen) atoms. The molecular weight excluding hydrogens is 542 g/mol. The lowest BCUT2D eigenvalue weighted by Crippen LogP contribution is -2.41. The molecule has 0 saturated carbocycles. The third kappa shape index (κ3) is 6.53. The molecule has 0 spiro atoms. The minimum Gasteiger partial charge on any atom is -0.351 e. The van der Waals surface area contributed by atoms with Crippen molar-refractivity contribution >= 4 is 28.9 Å². The Morgan fingerprint density at radius 1 is 1.02 bits per heavy atom. The second-order valence-electron chi connectivity index (χ2n) is 12.2. The molecule has 1 atom stereocenters. The lowest BCUT2D eigenvalue weighted by Gasteiger charge is -2.37. The van der Waals surface area contributed by atoms with Gasteiger partial charge < -0.3 is 20.1 Å². The number of nitrogens with one attached hydrogen (secondary N) is 2. The molecule has 2 N–H and O–H groups in total. The number of fused-ring (bicyclic) bond motifs is 1. The fourth-order valence-electron chi connectivity index (χ4n) is 6.63. The van der Waals surface area contributed by atoms with E-state index >= 15 is 4.39 Å². The van der Waals surface area contributed by atoms with Gasteiger partial charge in [-0.15, -0.1) is 0 Å². The van der Waals surface area contributed by atoms with Gasteiger partial charge in [-0.05, 0) is 97.1 Å². The molecule has 3 fully saturated rings. The van der Waals surface area contributed by atoms with Crippen molar-refractivity contribution in [3.63, 3.8) is 0 Å². The van der Waals surface area contributed by atoms with Crippen molar-refractivity contribution in [2.45, 2.75) is 70.2 Å². The van der Waals surface area contributed by atoms with E-state index in [0.29, 0.717) is 27.8 Å². The van der Waals surface area contributed by atoms with Gasteiger partial charge in [-0.2, -0.15) is 0 Å². The normalized spacial score (nSPS) is 21.9. The van der Waals surface area contributed by atoms with Gasteiger partial charge in [-0.3, -0.25) is 4.31 Å². The third-order valence-electron chi connectivity index (χ3n) is 8.76. The van der Waals surface area contributed by atoms with Crippen molar-refractivity contribution in [1.29, 1.82) is 0 Å². The van der Waals surface area contributed by atoms with E-state index in [9.17, 15) is 4.39 Å². The maximum Gasteiger partial charge on any atom is 0.223 e. The molecule has 1 unspecified atom stereocenters. The summed E-state index contributed by atoms with van der Waals surface area (Å²) in [6, 6.07) is 3.41. The zero-order chi connectivity index (χ0) is 28.5. The van der Waals surface area contributed by atoms with E-state index in [1.807, 2.05) is 37.3 Å². The van der Waals surface area contributed by atoms with Crippen LogP contribution in [0, 0.1) is 24.5 Å². The Balaban J connectivity index is 1.04. The van der Waals surface area contributed by atoms with Crippen molar-refractivity contribution in [2.24, 2.45) is 5.92 Å². The van der Waals surface area contributed by atoms with Gasteiger partial charge in [-0.25, -0.2) is 23.7 Å². The molecule has 3 aliphatic heterocycles. The summed E-state index contributed by atoms with van der Waals surface area (Å²) in [5.74, 6) is 0.888. The van der Waals surface area contributed by atoms with Crippen molar-refractivity contribution in [3.05, 3.63) is 35.8 Å². The Morgan fingerprint density at radius 3 is 2.51 bits per heavy atom. The van der Waals surface area contributed by atoms with Crippen molar-refractivity contribution in [1.82, 2.24) is 34.0 Å². The zero-order valence-electron chi connectivity index (χ0n) is 24.4. The van der Waals surface area contributed by atoms with E-state index in [2.05, 4.69) is 34.8 Å². The van der Waals surface area contributed by atoms with Crippen LogP contribution in [0.3, 0.4) is 0 Å². The highest BCUT2D eigenvalue weighted by molar-refractivity contribution is 7.97. The number of hydrogen-bond acceptors (Lipinski definition) is 8. The highest BCUT2D eigenvalue weighted by atomic mass is 32.2. The van der Waals surface area contributed by atoms with E-state index in [-0.39, 0.29) is 17.8 Å². The van der Waals surface area contributed by atoms with Crippen LogP contribution < -0.4 is 10.6 Å². The average Bonchev–Trinajstić information content (AvgIpc) is 3.59. The molecule has 11 heteroatoms. The van der Waals surface area contributed by atoms with Crippen molar-refractivity contribution in [3.8, 4) is 11.3 Å². The number of piperidine rings is 2. The smallest absolute Gasteiger partial charge is 0.223 e. The first-order valence-electron chi connectivity index (χ1n) is 15.2. The van der Waals surface area contributed by atoms with Crippen LogP contribution in [0.2, 0.25) is 0 Å². The van der Waals surface area contributed by atoms with Crippen LogP contribution in [0.25, 0.3) is 22.3 Å². The summed E-state index contributed by atoms with van der Waals surface area (Å²) in [5, 5.41) is 7.61. The molecule has 0 amide bonds. The lowest BCUT2D eigenvalue weighted by molar-refractivity contribution is 0.202. The molecule has 0 aliphatic carbocycles. The quantitative estimate of drug-likeness (QED) is 0.348. The third-order valence-corrected chi connectivity index (χ3v) is 10.2. The van der Waals surface area contributed by atoms with Crippen LogP contribution in [0.5, 0.6) is 0 Å². The predicted molar refractivity (Wildman–Crippen MR) is 162 cm³/mol. The van der Waals surface area contributed by atoms with E-state index in [1.165, 1.54) is 64.2 Å². The summed E-state index contributed by atoms with van der Waals surface area (Å²) in [6.07, 6.45) is 6.98. The van der Waals surface area contributed by atoms with Gasteiger partial charge in [0, 0.05) is 42.5 Å². The van der Waals surface area contributed by atoms with E-state index in [1.54, 1.807) is 6.07 Å². The number of anilines is 1. The molecule has 6 rings (SSSR count). The summed E-state index contributed by atoms with van der Waals surface area (Å²) in [6.45, 7) is 13.9. The Morgan fingerprint density at radius 2 is 1.80 bits per heavy atom. The number of halogens is 2. The molecule has 3 saturated heterocycles. The zero-order valence-corrected chi connectivity index (χ0v) is 25.2. The number of likely N-dealkylation sites (tertiary alicyclic amines) is 1. The molecule has 0 radical (unpaired) electrons. The van der Waals surface area contributed by atoms with Gasteiger partial charge in [0.25, 0.3) is 0 Å². The fraction of sp³-hybridized carbons (Fsp3) is 0.633. The number of benzene rings is 1. The van der Waals surface area contributed by atoms with Crippen molar-refractivity contribution in [2.75, 3.05) is 51.1 Å². The number of imidazole rings is 1. The van der Waals surface area contributed by atoms with Crippen LogP contribution in [0.1, 0.15) is 57.8 Å². The molecule has 2 aromatic heterocycles. The SMILES string of the molecule is Cc1nc2c(F)cc(-c3nc(NC4CCN(SC5CCN(CC6CCNC6)CC5)CC4)ncc3F)cc2n1C(C)C. The van der Waals surface area contributed by atoms with Crippen molar-refractivity contribution < 1.29 is 8.78 Å². The van der Waals surface area contributed by atoms with Gasteiger partial charge in [0.05, 0.1) is 11.7 Å². The number of aromatic nitrogens is 4. The predicted octanol–water partition coefficient (Wildman–Crippen LogP) is 5.26. The Bertz CT molecular complexity index is 1340. The second kappa shape index (κ2) is 12.5. The first-order chi connectivity index (χ1) is 19.8. The molecule has 3 aliphatic rings. The topological polar surface area (TPSA) is 74.1 Å². The molecule has 0 bridgehead atoms. The molecule has 1 aromatic carbocycles. The molecule has 8 nitrogen and oxygen atoms in total. The summed E-state index contributed by atoms with van der Waals surface area (Å²) >= 11 is 2.05. The number of aryl methyl sites for hydroxylation is 1. The van der Waals surface area contributed by atoms with Crippen LogP contribution in [0.4, 0.5) is 14.7 Å². The first kappa shape index (κ1) is 28.8. The largest absolute Gasteiger partial charge is 0.351 e. The number of rotatable bonds is 8. The fourth-order valence-corrected chi connectivity index (χ4v) is 7.89. The molecule has 5 heterocycles. The molecule has 3 aromatic rings. The van der Waals surface area contributed by atoms with E-state index < -0.39 is 11.6 Å². The number of hydrogen-bond donors (Lipinski definition) is 2. The summed E-state index contributed by atoms with van der Waals surface area (Å²) in [7, 11) is 0. The minimum absolute atomic E-state index is 0.0957. The Hall–Kier alpha value is -2.34. The second-order valence-corrected chi connectivity index (χ2v) is 13.5. The standard InChI is InChI=1S/C30H42F2N8S/c1-19(2)40-20(3)35-29-25(31)14-22(15-27(29)40)28-26(32)17-34-30(37-28)36-23-5-12-39(13-6-23)41-24-7-10-38(11-8-24)18-21-4-9-33-16-21/h14-15,17,19,21,23-24,33H,4-13,16,18H2,1-3H3,(H,34,36,37). The van der Waals surface area contributed by atoms with Gasteiger partial charge >= 0.3 is 0 Å². The molecular formula is C30H42F2N8S. The maximum absolute atomic E-state index is 15.0. The van der Waals surface area contributed by atoms with E-state index in [0.717, 1.165) is 37.7 Å². The van der Waals surface area contributed by atoms with Gasteiger partial charge in [0.1, 0.15) is 17.0 Å². The number of nitrogens with zero attached hydrogens (tertiary/aromatic N) is 6. The summed E-state index contributed by atoms with van der Waals surface area (Å²) in [4.78, 5) is 15.8. The highest BCUT2D eigenvalue weighted by Gasteiger charge is 2.27. The minimum atomic E-state index is -0.571.